The highest BCUT2D eigenvalue weighted by atomic mass is 16.5. The average Bonchev–Trinajstić information content (AvgIpc) is 2.47. The standard InChI is InChI=1S/C15H23NO3/c1-2-19-15-6-5-14(8-13(15)10-17)16-9-12-4-3-7-18-11-12/h5-6,8,12,16-17H,2-4,7,9-11H2,1H3. The van der Waals surface area contributed by atoms with E-state index in [-0.39, 0.29) is 6.61 Å². The number of hydrogen-bond donors (Lipinski definition) is 2. The van der Waals surface area contributed by atoms with Crippen molar-refractivity contribution in [3.05, 3.63) is 23.8 Å². The van der Waals surface area contributed by atoms with E-state index in [1.165, 1.54) is 6.42 Å². The molecule has 0 aliphatic carbocycles. The van der Waals surface area contributed by atoms with Gasteiger partial charge in [-0.3, -0.25) is 0 Å². The highest BCUT2D eigenvalue weighted by molar-refractivity contribution is 5.51. The van der Waals surface area contributed by atoms with E-state index in [0.717, 1.165) is 43.2 Å². The molecular weight excluding hydrogens is 242 g/mol. The molecule has 4 heteroatoms. The topological polar surface area (TPSA) is 50.7 Å². The number of anilines is 1. The van der Waals surface area contributed by atoms with Crippen LogP contribution in [0.2, 0.25) is 0 Å². The van der Waals surface area contributed by atoms with Crippen LogP contribution in [0.1, 0.15) is 25.3 Å². The van der Waals surface area contributed by atoms with Crippen molar-refractivity contribution in [2.75, 3.05) is 31.7 Å². The van der Waals surface area contributed by atoms with Gasteiger partial charge in [0.15, 0.2) is 0 Å². The molecule has 1 aromatic carbocycles. The van der Waals surface area contributed by atoms with Crippen LogP contribution < -0.4 is 10.1 Å². The predicted octanol–water partition coefficient (Wildman–Crippen LogP) is 2.42. The second-order valence-electron chi connectivity index (χ2n) is 4.88. The molecule has 0 radical (unpaired) electrons. The second-order valence-corrected chi connectivity index (χ2v) is 4.88. The predicted molar refractivity (Wildman–Crippen MR) is 75.6 cm³/mol. The van der Waals surface area contributed by atoms with E-state index in [1.54, 1.807) is 0 Å². The lowest BCUT2D eigenvalue weighted by Crippen LogP contribution is -2.24. The van der Waals surface area contributed by atoms with Crippen molar-refractivity contribution in [1.82, 2.24) is 0 Å². The van der Waals surface area contributed by atoms with Gasteiger partial charge in [-0.25, -0.2) is 0 Å². The number of hydrogen-bond acceptors (Lipinski definition) is 4. The first-order valence-corrected chi connectivity index (χ1v) is 7.01. The summed E-state index contributed by atoms with van der Waals surface area (Å²) < 4.78 is 10.9. The van der Waals surface area contributed by atoms with E-state index in [0.29, 0.717) is 12.5 Å². The van der Waals surface area contributed by atoms with Crippen LogP contribution in [0.15, 0.2) is 18.2 Å². The number of aliphatic hydroxyl groups is 1. The fraction of sp³-hybridized carbons (Fsp3) is 0.600. The van der Waals surface area contributed by atoms with Gasteiger partial charge in [0.2, 0.25) is 0 Å². The second kappa shape index (κ2) is 7.36. The largest absolute Gasteiger partial charge is 0.494 e. The molecule has 1 aliphatic rings. The van der Waals surface area contributed by atoms with Gasteiger partial charge in [-0.1, -0.05) is 0 Å². The van der Waals surface area contributed by atoms with Gasteiger partial charge in [0.25, 0.3) is 0 Å². The van der Waals surface area contributed by atoms with E-state index in [4.69, 9.17) is 9.47 Å². The SMILES string of the molecule is CCOc1ccc(NCC2CCCOC2)cc1CO. The molecule has 0 aromatic heterocycles. The Morgan fingerprint density at radius 1 is 1.47 bits per heavy atom. The van der Waals surface area contributed by atoms with Crippen LogP contribution in [0.25, 0.3) is 0 Å². The van der Waals surface area contributed by atoms with Gasteiger partial charge >= 0.3 is 0 Å². The molecule has 1 unspecified atom stereocenters. The van der Waals surface area contributed by atoms with Gasteiger partial charge in [0.1, 0.15) is 5.75 Å². The van der Waals surface area contributed by atoms with Gasteiger partial charge < -0.3 is 19.9 Å². The zero-order valence-electron chi connectivity index (χ0n) is 11.5. The Kier molecular flexibility index (Phi) is 5.48. The van der Waals surface area contributed by atoms with Crippen LogP contribution in [0.4, 0.5) is 5.69 Å². The molecule has 1 atom stereocenters. The monoisotopic (exact) mass is 265 g/mol. The molecule has 1 fully saturated rings. The normalized spacial score (nSPS) is 19.2. The van der Waals surface area contributed by atoms with Crippen LogP contribution in [-0.2, 0) is 11.3 Å². The van der Waals surface area contributed by atoms with E-state index in [2.05, 4.69) is 5.32 Å². The molecule has 106 valence electrons. The first kappa shape index (κ1) is 14.2. The third-order valence-electron chi connectivity index (χ3n) is 3.38. The van der Waals surface area contributed by atoms with Gasteiger partial charge in [-0.2, -0.15) is 0 Å². The minimum absolute atomic E-state index is 0.00259. The van der Waals surface area contributed by atoms with E-state index in [9.17, 15) is 5.11 Å². The maximum Gasteiger partial charge on any atom is 0.124 e. The number of rotatable bonds is 6. The molecule has 1 heterocycles. The van der Waals surface area contributed by atoms with Gasteiger partial charge in [-0.05, 0) is 43.9 Å². The Morgan fingerprint density at radius 3 is 3.05 bits per heavy atom. The van der Waals surface area contributed by atoms with Crippen LogP contribution in [-0.4, -0.2) is 31.5 Å². The summed E-state index contributed by atoms with van der Waals surface area (Å²) in [7, 11) is 0. The summed E-state index contributed by atoms with van der Waals surface area (Å²) in [5.41, 5.74) is 1.85. The lowest BCUT2D eigenvalue weighted by molar-refractivity contribution is 0.0595. The summed E-state index contributed by atoms with van der Waals surface area (Å²) in [6, 6.07) is 5.86. The zero-order valence-corrected chi connectivity index (χ0v) is 11.5. The summed E-state index contributed by atoms with van der Waals surface area (Å²) in [6.07, 6.45) is 2.37. The van der Waals surface area contributed by atoms with Crippen LogP contribution in [0.3, 0.4) is 0 Å². The Morgan fingerprint density at radius 2 is 2.37 bits per heavy atom. The van der Waals surface area contributed by atoms with Crippen molar-refractivity contribution in [3.63, 3.8) is 0 Å². The number of nitrogens with one attached hydrogen (secondary N) is 1. The van der Waals surface area contributed by atoms with Crippen LogP contribution in [0.5, 0.6) is 5.75 Å². The Hall–Kier alpha value is -1.26. The first-order valence-electron chi connectivity index (χ1n) is 7.01. The fourth-order valence-electron chi connectivity index (χ4n) is 2.34. The summed E-state index contributed by atoms with van der Waals surface area (Å²) >= 11 is 0. The molecule has 0 saturated carbocycles. The number of ether oxygens (including phenoxy) is 2. The van der Waals surface area contributed by atoms with Gasteiger partial charge in [0, 0.05) is 24.4 Å². The molecule has 0 amide bonds. The minimum Gasteiger partial charge on any atom is -0.494 e. The molecule has 1 saturated heterocycles. The molecule has 2 rings (SSSR count). The van der Waals surface area contributed by atoms with Crippen LogP contribution >= 0.6 is 0 Å². The van der Waals surface area contributed by atoms with Gasteiger partial charge in [-0.15, -0.1) is 0 Å². The molecule has 1 aromatic rings. The smallest absolute Gasteiger partial charge is 0.124 e. The molecule has 1 aliphatic heterocycles. The molecular formula is C15H23NO3. The molecule has 2 N–H and O–H groups in total. The fourth-order valence-corrected chi connectivity index (χ4v) is 2.34. The number of aliphatic hydroxyl groups excluding tert-OH is 1. The van der Waals surface area contributed by atoms with Gasteiger partial charge in [0.05, 0.1) is 19.8 Å². The molecule has 0 bridgehead atoms. The maximum atomic E-state index is 9.36. The highest BCUT2D eigenvalue weighted by Crippen LogP contribution is 2.23. The summed E-state index contributed by atoms with van der Waals surface area (Å²) in [4.78, 5) is 0. The molecule has 0 spiro atoms. The van der Waals surface area contributed by atoms with Crippen molar-refractivity contribution in [3.8, 4) is 5.75 Å². The van der Waals surface area contributed by atoms with E-state index >= 15 is 0 Å². The quantitative estimate of drug-likeness (QED) is 0.829. The van der Waals surface area contributed by atoms with E-state index in [1.807, 2.05) is 25.1 Å². The molecule has 19 heavy (non-hydrogen) atoms. The average molecular weight is 265 g/mol. The van der Waals surface area contributed by atoms with Crippen molar-refractivity contribution < 1.29 is 14.6 Å². The van der Waals surface area contributed by atoms with Crippen LogP contribution in [0, 0.1) is 5.92 Å². The Bertz CT molecular complexity index is 389. The summed E-state index contributed by atoms with van der Waals surface area (Å²) in [5.74, 6) is 1.34. The highest BCUT2D eigenvalue weighted by Gasteiger charge is 2.13. The molecule has 4 nitrogen and oxygen atoms in total. The third kappa shape index (κ3) is 4.11. The Labute approximate surface area is 114 Å². The first-order chi connectivity index (χ1) is 9.33. The van der Waals surface area contributed by atoms with Crippen molar-refractivity contribution >= 4 is 5.69 Å². The van der Waals surface area contributed by atoms with Crippen molar-refractivity contribution in [2.24, 2.45) is 5.92 Å². The summed E-state index contributed by atoms with van der Waals surface area (Å²) in [5, 5.41) is 12.8. The maximum absolute atomic E-state index is 9.36. The minimum atomic E-state index is -0.00259. The van der Waals surface area contributed by atoms with Crippen molar-refractivity contribution in [2.45, 2.75) is 26.4 Å². The van der Waals surface area contributed by atoms with E-state index < -0.39 is 0 Å². The zero-order chi connectivity index (χ0) is 13.5. The lowest BCUT2D eigenvalue weighted by atomic mass is 10.0. The third-order valence-corrected chi connectivity index (χ3v) is 3.38. The van der Waals surface area contributed by atoms with Crippen molar-refractivity contribution in [1.29, 1.82) is 0 Å². The Balaban J connectivity index is 1.92. The number of benzene rings is 1. The summed E-state index contributed by atoms with van der Waals surface area (Å²) in [6.45, 7) is 5.21. The lowest BCUT2D eigenvalue weighted by Gasteiger charge is -2.23.